The number of halogens is 3. The Morgan fingerprint density at radius 1 is 0.585 bits per heavy atom. The number of hydrogen-bond acceptors (Lipinski definition) is 2. The molecule has 0 bridgehead atoms. The summed E-state index contributed by atoms with van der Waals surface area (Å²) in [6, 6.07) is 59.5. The number of furan rings is 1. The van der Waals surface area contributed by atoms with Crippen molar-refractivity contribution in [1.82, 2.24) is 4.57 Å². The molecule has 0 amide bonds. The maximum atomic E-state index is 14.3. The minimum absolute atomic E-state index is 0.398. The number of alkyl halides is 3. The number of aromatic nitrogens is 1. The number of benzene rings is 9. The fourth-order valence-corrected chi connectivity index (χ4v) is 11.9. The van der Waals surface area contributed by atoms with Crippen LogP contribution in [0.1, 0.15) is 41.2 Å². The topological polar surface area (TPSA) is 21.3 Å². The summed E-state index contributed by atoms with van der Waals surface area (Å²) in [5, 5.41) is 9.99. The number of fused-ring (bicyclic) bond motifs is 19. The Kier molecular flexibility index (Phi) is 7.26. The molecule has 3 aliphatic rings. The summed E-state index contributed by atoms with van der Waals surface area (Å²) < 4.78 is 52.1. The minimum Gasteiger partial charge on any atom is -0.454 e. The SMILES string of the molecule is CC1C=c2c(c3cccc4c3n2-c2ccccc2C42c3ccc4ccccc4c3-c3c2cc(N(c2ccc(C(F)(F)F)cc2)c2cccc4c2oc2ccccc24)c2ccccc32)=CC1. The molecule has 9 aromatic carbocycles. The van der Waals surface area contributed by atoms with E-state index < -0.39 is 17.2 Å². The Morgan fingerprint density at radius 3 is 2.11 bits per heavy atom. The second-order valence-electron chi connectivity index (χ2n) is 17.9. The van der Waals surface area contributed by atoms with Crippen molar-refractivity contribution in [3.63, 3.8) is 0 Å². The molecule has 0 N–H and O–H groups in total. The lowest BCUT2D eigenvalue weighted by Crippen LogP contribution is -2.37. The largest absolute Gasteiger partial charge is 0.454 e. The van der Waals surface area contributed by atoms with Gasteiger partial charge in [-0.3, -0.25) is 0 Å². The van der Waals surface area contributed by atoms with Gasteiger partial charge in [0.1, 0.15) is 5.58 Å². The summed E-state index contributed by atoms with van der Waals surface area (Å²) in [7, 11) is 0. The molecule has 1 aliphatic heterocycles. The van der Waals surface area contributed by atoms with Crippen LogP contribution in [0, 0.1) is 5.92 Å². The van der Waals surface area contributed by atoms with Gasteiger partial charge >= 0.3 is 6.18 Å². The maximum Gasteiger partial charge on any atom is 0.416 e. The zero-order valence-electron chi connectivity index (χ0n) is 35.1. The van der Waals surface area contributed by atoms with E-state index in [0.717, 1.165) is 67.1 Å². The first-order chi connectivity index (χ1) is 31.8. The Balaban J connectivity index is 1.18. The van der Waals surface area contributed by atoms with Crippen LogP contribution in [0.3, 0.4) is 0 Å². The highest BCUT2D eigenvalue weighted by Gasteiger charge is 2.52. The molecule has 11 aromatic rings. The van der Waals surface area contributed by atoms with Crippen molar-refractivity contribution in [2.75, 3.05) is 4.90 Å². The highest BCUT2D eigenvalue weighted by molar-refractivity contribution is 6.18. The summed E-state index contributed by atoms with van der Waals surface area (Å²) in [6.45, 7) is 2.29. The van der Waals surface area contributed by atoms with Crippen molar-refractivity contribution in [3.8, 4) is 16.8 Å². The third-order valence-electron chi connectivity index (χ3n) is 14.5. The molecule has 2 aromatic heterocycles. The first-order valence-electron chi connectivity index (χ1n) is 22.2. The standard InChI is InChI=1S/C59H37F3N2O/c1-34-24-30-40-43-17-10-20-47-56(43)64(51(40)32-34)49-21-8-7-19-45(49)58(47)46-31-25-35-12-2-3-13-38(35)54(46)55-42-16-5-4-14-39(42)52(33-48(55)58)63(37-28-26-36(27-29-37)59(60,61)62)50-22-11-18-44-41-15-6-9-23-53(41)65-57(44)50/h2-23,25-34H,24H2,1H3. The molecule has 0 saturated heterocycles. The zero-order valence-corrected chi connectivity index (χ0v) is 35.1. The number of anilines is 3. The van der Waals surface area contributed by atoms with Gasteiger partial charge in [0.25, 0.3) is 0 Å². The molecular formula is C59H37F3N2O. The average molecular weight is 847 g/mol. The van der Waals surface area contributed by atoms with Crippen LogP contribution >= 0.6 is 0 Å². The number of hydrogen-bond donors (Lipinski definition) is 0. The summed E-state index contributed by atoms with van der Waals surface area (Å²) in [4.78, 5) is 2.12. The Morgan fingerprint density at radius 2 is 1.26 bits per heavy atom. The van der Waals surface area contributed by atoms with E-state index in [0.29, 0.717) is 17.2 Å². The van der Waals surface area contributed by atoms with Crippen molar-refractivity contribution in [2.24, 2.45) is 5.92 Å². The highest BCUT2D eigenvalue weighted by atomic mass is 19.4. The molecule has 3 heterocycles. The van der Waals surface area contributed by atoms with Gasteiger partial charge in [-0.25, -0.2) is 0 Å². The molecule has 3 nitrogen and oxygen atoms in total. The van der Waals surface area contributed by atoms with Crippen molar-refractivity contribution >= 4 is 83.6 Å². The van der Waals surface area contributed by atoms with E-state index in [9.17, 15) is 13.2 Å². The van der Waals surface area contributed by atoms with E-state index in [4.69, 9.17) is 4.42 Å². The van der Waals surface area contributed by atoms with Crippen molar-refractivity contribution in [1.29, 1.82) is 0 Å². The number of rotatable bonds is 3. The van der Waals surface area contributed by atoms with Gasteiger partial charge in [-0.15, -0.1) is 0 Å². The molecule has 0 fully saturated rings. The fourth-order valence-electron chi connectivity index (χ4n) is 11.9. The zero-order chi connectivity index (χ0) is 43.3. The molecule has 1 spiro atoms. The fraction of sp³-hybridized carbons (Fsp3) is 0.0847. The van der Waals surface area contributed by atoms with E-state index in [1.165, 1.54) is 61.2 Å². The van der Waals surface area contributed by atoms with Gasteiger partial charge in [0, 0.05) is 32.5 Å². The smallest absolute Gasteiger partial charge is 0.416 e. The summed E-state index contributed by atoms with van der Waals surface area (Å²) >= 11 is 0. The monoisotopic (exact) mass is 846 g/mol. The van der Waals surface area contributed by atoms with Crippen LogP contribution in [0.5, 0.6) is 0 Å². The van der Waals surface area contributed by atoms with Gasteiger partial charge < -0.3 is 13.9 Å². The van der Waals surface area contributed by atoms with Crippen LogP contribution in [0.2, 0.25) is 0 Å². The van der Waals surface area contributed by atoms with E-state index in [1.54, 1.807) is 12.1 Å². The quantitative estimate of drug-likeness (QED) is 0.177. The molecule has 2 aliphatic carbocycles. The van der Waals surface area contributed by atoms with E-state index in [2.05, 4.69) is 150 Å². The van der Waals surface area contributed by atoms with Crippen LogP contribution in [-0.4, -0.2) is 4.57 Å². The van der Waals surface area contributed by atoms with Crippen LogP contribution in [0.25, 0.3) is 83.4 Å². The first kappa shape index (κ1) is 36.6. The number of para-hydroxylation sites is 4. The summed E-state index contributed by atoms with van der Waals surface area (Å²) in [5.74, 6) is 0.398. The van der Waals surface area contributed by atoms with E-state index >= 15 is 0 Å². The summed E-state index contributed by atoms with van der Waals surface area (Å²) in [6.07, 6.45) is 1.33. The average Bonchev–Trinajstić information content (AvgIpc) is 3.98. The molecular weight excluding hydrogens is 810 g/mol. The Hall–Kier alpha value is -7.83. The minimum atomic E-state index is -4.50. The summed E-state index contributed by atoms with van der Waals surface area (Å²) in [5.41, 5.74) is 11.5. The normalized spacial score (nSPS) is 17.0. The molecule has 0 saturated carbocycles. The molecule has 0 radical (unpaired) electrons. The lowest BCUT2D eigenvalue weighted by Gasteiger charge is -2.40. The van der Waals surface area contributed by atoms with Gasteiger partial charge in [-0.1, -0.05) is 146 Å². The number of nitrogens with zero attached hydrogens (tertiary/aromatic N) is 2. The highest BCUT2D eigenvalue weighted by Crippen LogP contribution is 2.64. The van der Waals surface area contributed by atoms with Crippen molar-refractivity contribution in [2.45, 2.75) is 24.9 Å². The Bertz CT molecular complexity index is 4010. The third-order valence-corrected chi connectivity index (χ3v) is 14.5. The second kappa shape index (κ2) is 12.9. The van der Waals surface area contributed by atoms with Gasteiger partial charge in [-0.2, -0.15) is 13.2 Å². The molecule has 2 atom stereocenters. The van der Waals surface area contributed by atoms with Gasteiger partial charge in [-0.05, 0) is 110 Å². The van der Waals surface area contributed by atoms with E-state index in [-0.39, 0.29) is 0 Å². The lowest BCUT2D eigenvalue weighted by atomic mass is 9.65. The van der Waals surface area contributed by atoms with Gasteiger partial charge in [0.05, 0.1) is 38.9 Å². The van der Waals surface area contributed by atoms with Crippen LogP contribution in [-0.2, 0) is 11.6 Å². The van der Waals surface area contributed by atoms with Crippen LogP contribution < -0.4 is 15.5 Å². The maximum absolute atomic E-state index is 14.3. The van der Waals surface area contributed by atoms with Crippen molar-refractivity contribution in [3.05, 3.63) is 214 Å². The third kappa shape index (κ3) is 4.76. The van der Waals surface area contributed by atoms with Gasteiger partial charge in [0.15, 0.2) is 5.58 Å². The molecule has 2 unspecified atom stereocenters. The van der Waals surface area contributed by atoms with Gasteiger partial charge in [0.2, 0.25) is 0 Å². The molecule has 6 heteroatoms. The predicted molar refractivity (Wildman–Crippen MR) is 258 cm³/mol. The Labute approximate surface area is 371 Å². The van der Waals surface area contributed by atoms with Crippen molar-refractivity contribution < 1.29 is 17.6 Å². The second-order valence-corrected chi connectivity index (χ2v) is 17.9. The lowest BCUT2D eigenvalue weighted by molar-refractivity contribution is -0.137. The van der Waals surface area contributed by atoms with Crippen LogP contribution in [0.4, 0.5) is 30.2 Å². The first-order valence-corrected chi connectivity index (χ1v) is 22.2. The van der Waals surface area contributed by atoms with Crippen LogP contribution in [0.15, 0.2) is 180 Å². The molecule has 65 heavy (non-hydrogen) atoms. The molecule has 310 valence electrons. The predicted octanol–water partition coefficient (Wildman–Crippen LogP) is 14.6. The molecule has 14 rings (SSSR count). The van der Waals surface area contributed by atoms with E-state index in [1.807, 2.05) is 30.3 Å².